The minimum Gasteiger partial charge on any atom is -0.455 e. The molecular weight excluding hydrogens is 281 g/mol. The fraction of sp³-hybridized carbons (Fsp3) is 0.0769. The average Bonchev–Trinajstić information content (AvgIpc) is 2.99. The molecule has 0 radical (unpaired) electrons. The van der Waals surface area contributed by atoms with Crippen LogP contribution in [-0.2, 0) is 11.3 Å². The summed E-state index contributed by atoms with van der Waals surface area (Å²) in [4.78, 5) is 16.9. The van der Waals surface area contributed by atoms with Crippen molar-refractivity contribution in [2.24, 2.45) is 0 Å². The first kappa shape index (κ1) is 12.6. The zero-order valence-corrected chi connectivity index (χ0v) is 11.1. The van der Waals surface area contributed by atoms with Crippen molar-refractivity contribution in [1.29, 1.82) is 0 Å². The summed E-state index contributed by atoms with van der Waals surface area (Å²) in [5, 5.41) is 1.91. The molecule has 0 spiro atoms. The minimum atomic E-state index is -0.668. The number of nitrogen functional groups attached to an aromatic ring is 1. The molecule has 0 saturated carbocycles. The first-order chi connectivity index (χ1) is 9.63. The van der Waals surface area contributed by atoms with E-state index in [0.717, 1.165) is 11.0 Å². The van der Waals surface area contributed by atoms with Crippen molar-refractivity contribution in [3.8, 4) is 0 Å². The van der Waals surface area contributed by atoms with Crippen LogP contribution in [0.5, 0.6) is 0 Å². The van der Waals surface area contributed by atoms with E-state index in [4.69, 9.17) is 10.5 Å². The van der Waals surface area contributed by atoms with E-state index in [9.17, 15) is 9.18 Å². The van der Waals surface area contributed by atoms with Gasteiger partial charge < -0.3 is 10.5 Å². The third-order valence-corrected chi connectivity index (χ3v) is 3.50. The van der Waals surface area contributed by atoms with Gasteiger partial charge in [-0.2, -0.15) is 0 Å². The second-order valence-electron chi connectivity index (χ2n) is 4.13. The zero-order chi connectivity index (χ0) is 14.1. The fourth-order valence-electron chi connectivity index (χ4n) is 1.77. The molecule has 0 aliphatic rings. The summed E-state index contributed by atoms with van der Waals surface area (Å²) < 4.78 is 20.0. The van der Waals surface area contributed by atoms with E-state index < -0.39 is 11.8 Å². The molecular formula is C13H10FN3O2S. The lowest BCUT2D eigenvalue weighted by atomic mass is 10.2. The Morgan fingerprint density at radius 3 is 3.15 bits per heavy atom. The van der Waals surface area contributed by atoms with Gasteiger partial charge in [-0.15, -0.1) is 11.3 Å². The maximum absolute atomic E-state index is 13.1. The number of imidazole rings is 1. The van der Waals surface area contributed by atoms with Gasteiger partial charge in [-0.3, -0.25) is 4.40 Å². The van der Waals surface area contributed by atoms with Crippen LogP contribution in [0.4, 0.5) is 10.1 Å². The number of fused-ring (bicyclic) bond motifs is 1. The highest BCUT2D eigenvalue weighted by molar-refractivity contribution is 7.15. The van der Waals surface area contributed by atoms with Gasteiger partial charge in [0.2, 0.25) is 0 Å². The van der Waals surface area contributed by atoms with Crippen LogP contribution in [0.25, 0.3) is 4.96 Å². The van der Waals surface area contributed by atoms with Crippen molar-refractivity contribution in [3.63, 3.8) is 0 Å². The summed E-state index contributed by atoms with van der Waals surface area (Å²) in [6.45, 7) is 0.0171. The second kappa shape index (κ2) is 4.93. The number of hydrogen-bond acceptors (Lipinski definition) is 5. The predicted molar refractivity (Wildman–Crippen MR) is 73.0 cm³/mol. The van der Waals surface area contributed by atoms with E-state index in [0.29, 0.717) is 5.69 Å². The predicted octanol–water partition coefficient (Wildman–Crippen LogP) is 2.47. The molecule has 102 valence electrons. The number of nitrogens with zero attached hydrogens (tertiary/aromatic N) is 2. The van der Waals surface area contributed by atoms with Crippen LogP contribution in [-0.4, -0.2) is 15.4 Å². The maximum atomic E-state index is 13.1. The maximum Gasteiger partial charge on any atom is 0.340 e. The number of thiazole rings is 1. The number of esters is 1. The van der Waals surface area contributed by atoms with Crippen LogP contribution in [0.1, 0.15) is 16.1 Å². The lowest BCUT2D eigenvalue weighted by Crippen LogP contribution is -2.08. The van der Waals surface area contributed by atoms with Crippen LogP contribution in [0, 0.1) is 5.82 Å². The van der Waals surface area contributed by atoms with Crippen molar-refractivity contribution < 1.29 is 13.9 Å². The van der Waals surface area contributed by atoms with Gasteiger partial charge in [0, 0.05) is 23.5 Å². The lowest BCUT2D eigenvalue weighted by molar-refractivity contribution is 0.0469. The SMILES string of the molecule is Nc1ccc(F)cc1C(=O)OCc1cn2ccsc2n1. The Morgan fingerprint density at radius 2 is 2.35 bits per heavy atom. The van der Waals surface area contributed by atoms with Crippen molar-refractivity contribution in [1.82, 2.24) is 9.38 Å². The summed E-state index contributed by atoms with van der Waals surface area (Å²) in [5.41, 5.74) is 6.45. The van der Waals surface area contributed by atoms with Gasteiger partial charge in [-0.1, -0.05) is 0 Å². The molecule has 2 N–H and O–H groups in total. The zero-order valence-electron chi connectivity index (χ0n) is 10.2. The van der Waals surface area contributed by atoms with Gasteiger partial charge in [0.25, 0.3) is 0 Å². The van der Waals surface area contributed by atoms with Crippen LogP contribution >= 0.6 is 11.3 Å². The molecule has 0 aliphatic heterocycles. The molecule has 0 bridgehead atoms. The molecule has 1 aromatic carbocycles. The van der Waals surface area contributed by atoms with E-state index >= 15 is 0 Å². The molecule has 7 heteroatoms. The van der Waals surface area contributed by atoms with Crippen LogP contribution in [0.15, 0.2) is 36.0 Å². The van der Waals surface area contributed by atoms with Crippen LogP contribution < -0.4 is 5.73 Å². The molecule has 5 nitrogen and oxygen atoms in total. The van der Waals surface area contributed by atoms with Crippen molar-refractivity contribution in [3.05, 3.63) is 53.0 Å². The van der Waals surface area contributed by atoms with Crippen molar-refractivity contribution in [2.75, 3.05) is 5.73 Å². The number of halogens is 1. The van der Waals surface area contributed by atoms with E-state index in [1.165, 1.54) is 23.5 Å². The first-order valence-electron chi connectivity index (χ1n) is 5.77. The third-order valence-electron chi connectivity index (χ3n) is 2.73. The Bertz CT molecular complexity index is 752. The molecule has 2 heterocycles. The molecule has 0 fully saturated rings. The summed E-state index contributed by atoms with van der Waals surface area (Å²) in [5.74, 6) is -1.20. The number of nitrogens with two attached hydrogens (primary N) is 1. The van der Waals surface area contributed by atoms with E-state index in [2.05, 4.69) is 4.98 Å². The average molecular weight is 291 g/mol. The standard InChI is InChI=1S/C13H10FN3O2S/c14-8-1-2-11(15)10(5-8)12(18)19-7-9-6-17-3-4-20-13(17)16-9/h1-6H,7,15H2. The molecule has 20 heavy (non-hydrogen) atoms. The molecule has 0 atom stereocenters. The minimum absolute atomic E-state index is 0.0171. The molecule has 0 unspecified atom stereocenters. The van der Waals surface area contributed by atoms with Crippen molar-refractivity contribution in [2.45, 2.75) is 6.61 Å². The number of hydrogen-bond donors (Lipinski definition) is 1. The first-order valence-corrected chi connectivity index (χ1v) is 6.64. The highest BCUT2D eigenvalue weighted by Crippen LogP contribution is 2.16. The molecule has 0 saturated heterocycles. The number of anilines is 1. The molecule has 0 amide bonds. The van der Waals surface area contributed by atoms with Gasteiger partial charge in [0.05, 0.1) is 11.3 Å². The lowest BCUT2D eigenvalue weighted by Gasteiger charge is -2.05. The number of rotatable bonds is 3. The van der Waals surface area contributed by atoms with E-state index in [1.807, 2.05) is 16.0 Å². The molecule has 2 aromatic heterocycles. The van der Waals surface area contributed by atoms with Gasteiger partial charge >= 0.3 is 5.97 Å². The number of carbonyl (C=O) groups excluding carboxylic acids is 1. The van der Waals surface area contributed by atoms with Gasteiger partial charge in [-0.25, -0.2) is 14.2 Å². The van der Waals surface area contributed by atoms with Crippen molar-refractivity contribution >= 4 is 28.0 Å². The quantitative estimate of drug-likeness (QED) is 0.594. The molecule has 3 aromatic rings. The summed E-state index contributed by atoms with van der Waals surface area (Å²) >= 11 is 1.48. The Hall–Kier alpha value is -2.41. The fourth-order valence-corrected chi connectivity index (χ4v) is 2.49. The summed E-state index contributed by atoms with van der Waals surface area (Å²) in [6, 6.07) is 3.58. The summed E-state index contributed by atoms with van der Waals surface area (Å²) in [7, 11) is 0. The largest absolute Gasteiger partial charge is 0.455 e. The topological polar surface area (TPSA) is 69.6 Å². The van der Waals surface area contributed by atoms with E-state index in [1.54, 1.807) is 6.20 Å². The number of aromatic nitrogens is 2. The second-order valence-corrected chi connectivity index (χ2v) is 5.01. The highest BCUT2D eigenvalue weighted by atomic mass is 32.1. The molecule has 0 aliphatic carbocycles. The monoisotopic (exact) mass is 291 g/mol. The highest BCUT2D eigenvalue weighted by Gasteiger charge is 2.13. The van der Waals surface area contributed by atoms with Gasteiger partial charge in [0.15, 0.2) is 4.96 Å². The smallest absolute Gasteiger partial charge is 0.340 e. The Balaban J connectivity index is 1.73. The Labute approximate surface area is 117 Å². The number of benzene rings is 1. The van der Waals surface area contributed by atoms with E-state index in [-0.39, 0.29) is 17.9 Å². The number of carbonyl (C=O) groups is 1. The van der Waals surface area contributed by atoms with Gasteiger partial charge in [-0.05, 0) is 18.2 Å². The van der Waals surface area contributed by atoms with Crippen LogP contribution in [0.3, 0.4) is 0 Å². The van der Waals surface area contributed by atoms with Crippen LogP contribution in [0.2, 0.25) is 0 Å². The third kappa shape index (κ3) is 2.35. The Morgan fingerprint density at radius 1 is 1.50 bits per heavy atom. The van der Waals surface area contributed by atoms with Gasteiger partial charge in [0.1, 0.15) is 12.4 Å². The molecule has 3 rings (SSSR count). The normalized spacial score (nSPS) is 10.8. The summed E-state index contributed by atoms with van der Waals surface area (Å²) in [6.07, 6.45) is 3.64. The Kier molecular flexibility index (Phi) is 3.11. The number of ether oxygens (including phenoxy) is 1.